The number of hydrogen-bond acceptors (Lipinski definition) is 4. The monoisotopic (exact) mass is 345 g/mol. The normalized spacial score (nSPS) is 24.7. The van der Waals surface area contributed by atoms with Gasteiger partial charge in [0.05, 0.1) is 18.2 Å². The molecule has 1 aliphatic rings. The highest BCUT2D eigenvalue weighted by Crippen LogP contribution is 2.39. The first kappa shape index (κ1) is 20.5. The minimum Gasteiger partial charge on any atom is -0.444 e. The summed E-state index contributed by atoms with van der Waals surface area (Å²) < 4.78 is 12.0. The Labute approximate surface area is 142 Å². The third-order valence-corrected chi connectivity index (χ3v) is 9.27. The van der Waals surface area contributed by atoms with Gasteiger partial charge in [0, 0.05) is 6.54 Å². The first-order valence-corrected chi connectivity index (χ1v) is 11.4. The van der Waals surface area contributed by atoms with Crippen molar-refractivity contribution in [2.24, 2.45) is 0 Å². The molecule has 0 aromatic rings. The average Bonchev–Trinajstić information content (AvgIpc) is 2.67. The van der Waals surface area contributed by atoms with E-state index in [1.165, 1.54) is 0 Å². The maximum absolute atomic E-state index is 12.4. The summed E-state index contributed by atoms with van der Waals surface area (Å²) in [6, 6.07) is -0.348. The van der Waals surface area contributed by atoms with Gasteiger partial charge in [-0.2, -0.15) is 0 Å². The van der Waals surface area contributed by atoms with Crippen molar-refractivity contribution in [1.29, 1.82) is 0 Å². The Morgan fingerprint density at radius 3 is 2.13 bits per heavy atom. The van der Waals surface area contributed by atoms with Gasteiger partial charge < -0.3 is 14.3 Å². The summed E-state index contributed by atoms with van der Waals surface area (Å²) >= 11 is 0. The summed E-state index contributed by atoms with van der Waals surface area (Å²) in [5, 5.41) is 10.3. The Kier molecular flexibility index (Phi) is 5.98. The molecule has 0 aromatic heterocycles. The molecule has 0 aliphatic carbocycles. The SMILES string of the molecule is C[C@@H](O)[C@H]1[C@@H](O[Si](C)(C)C(C)(C)C)CCN1C(=O)OC(C)(C)C. The predicted molar refractivity (Wildman–Crippen MR) is 95.1 cm³/mol. The van der Waals surface area contributed by atoms with Gasteiger partial charge in [-0.05, 0) is 52.2 Å². The minimum absolute atomic E-state index is 0.0928. The number of nitrogens with zero attached hydrogens (tertiary/aromatic N) is 1. The van der Waals surface area contributed by atoms with E-state index in [1.54, 1.807) is 11.8 Å². The molecule has 1 fully saturated rings. The number of carbonyl (C=O) groups excluding carboxylic acids is 1. The van der Waals surface area contributed by atoms with Crippen LogP contribution in [0.1, 0.15) is 54.9 Å². The van der Waals surface area contributed by atoms with E-state index in [2.05, 4.69) is 33.9 Å². The number of amides is 1. The van der Waals surface area contributed by atoms with Crippen LogP contribution in [0.3, 0.4) is 0 Å². The maximum Gasteiger partial charge on any atom is 0.410 e. The summed E-state index contributed by atoms with van der Waals surface area (Å²) in [4.78, 5) is 14.1. The maximum atomic E-state index is 12.4. The van der Waals surface area contributed by atoms with Crippen LogP contribution in [0.2, 0.25) is 18.1 Å². The summed E-state index contributed by atoms with van der Waals surface area (Å²) in [5.74, 6) is 0. The number of aliphatic hydroxyl groups is 1. The number of rotatable bonds is 3. The smallest absolute Gasteiger partial charge is 0.410 e. The lowest BCUT2D eigenvalue weighted by molar-refractivity contribution is -0.00811. The van der Waals surface area contributed by atoms with E-state index in [1.807, 2.05) is 20.8 Å². The van der Waals surface area contributed by atoms with Crippen molar-refractivity contribution >= 4 is 14.4 Å². The average molecular weight is 346 g/mol. The van der Waals surface area contributed by atoms with Gasteiger partial charge in [0.25, 0.3) is 0 Å². The molecule has 0 aromatic carbocycles. The molecule has 23 heavy (non-hydrogen) atoms. The Balaban J connectivity index is 2.91. The molecule has 0 saturated carbocycles. The topological polar surface area (TPSA) is 59.0 Å². The van der Waals surface area contributed by atoms with Gasteiger partial charge in [0.1, 0.15) is 5.60 Å². The molecular formula is C17H35NO4Si. The van der Waals surface area contributed by atoms with Crippen LogP contribution >= 0.6 is 0 Å². The van der Waals surface area contributed by atoms with Gasteiger partial charge in [0.2, 0.25) is 0 Å². The highest BCUT2D eigenvalue weighted by Gasteiger charge is 2.47. The summed E-state index contributed by atoms with van der Waals surface area (Å²) in [6.07, 6.45) is -0.422. The van der Waals surface area contributed by atoms with E-state index in [0.717, 1.165) is 6.42 Å². The Morgan fingerprint density at radius 2 is 1.74 bits per heavy atom. The molecule has 0 spiro atoms. The minimum atomic E-state index is -1.96. The second-order valence-electron chi connectivity index (χ2n) is 9.11. The highest BCUT2D eigenvalue weighted by molar-refractivity contribution is 6.74. The first-order chi connectivity index (χ1) is 10.2. The highest BCUT2D eigenvalue weighted by atomic mass is 28.4. The zero-order valence-electron chi connectivity index (χ0n) is 16.3. The van der Waals surface area contributed by atoms with Crippen LogP contribution in [0, 0.1) is 0 Å². The van der Waals surface area contributed by atoms with Gasteiger partial charge in [-0.1, -0.05) is 20.8 Å². The number of carbonyl (C=O) groups is 1. The van der Waals surface area contributed by atoms with Crippen molar-refractivity contribution in [2.75, 3.05) is 6.54 Å². The van der Waals surface area contributed by atoms with Gasteiger partial charge in [0.15, 0.2) is 8.32 Å². The van der Waals surface area contributed by atoms with Crippen molar-refractivity contribution < 1.29 is 19.1 Å². The number of aliphatic hydroxyl groups excluding tert-OH is 1. The molecule has 1 rings (SSSR count). The Morgan fingerprint density at radius 1 is 1.22 bits per heavy atom. The van der Waals surface area contributed by atoms with E-state index in [4.69, 9.17) is 9.16 Å². The van der Waals surface area contributed by atoms with E-state index >= 15 is 0 Å². The molecule has 1 N–H and O–H groups in total. The van der Waals surface area contributed by atoms with Gasteiger partial charge >= 0.3 is 6.09 Å². The number of hydrogen-bond donors (Lipinski definition) is 1. The third-order valence-electron chi connectivity index (χ3n) is 4.77. The van der Waals surface area contributed by atoms with E-state index in [-0.39, 0.29) is 23.3 Å². The molecule has 1 saturated heterocycles. The lowest BCUT2D eigenvalue weighted by Crippen LogP contribution is -2.52. The van der Waals surface area contributed by atoms with Gasteiger partial charge in [-0.25, -0.2) is 4.79 Å². The lowest BCUT2D eigenvalue weighted by atomic mass is 10.1. The summed E-state index contributed by atoms with van der Waals surface area (Å²) in [5.41, 5.74) is -0.543. The zero-order chi connectivity index (χ0) is 18.2. The van der Waals surface area contributed by atoms with Crippen molar-refractivity contribution in [3.8, 4) is 0 Å². The summed E-state index contributed by atoms with van der Waals surface area (Å²) in [6.45, 7) is 18.8. The van der Waals surface area contributed by atoms with Crippen molar-refractivity contribution in [2.45, 2.75) is 96.9 Å². The lowest BCUT2D eigenvalue weighted by Gasteiger charge is -2.41. The van der Waals surface area contributed by atoms with Gasteiger partial charge in [-0.3, -0.25) is 4.90 Å². The van der Waals surface area contributed by atoms with Crippen molar-refractivity contribution in [3.63, 3.8) is 0 Å². The third kappa shape index (κ3) is 5.19. The second kappa shape index (κ2) is 6.73. The molecular weight excluding hydrogens is 310 g/mol. The zero-order valence-corrected chi connectivity index (χ0v) is 17.3. The quantitative estimate of drug-likeness (QED) is 0.791. The van der Waals surface area contributed by atoms with E-state index in [0.29, 0.717) is 6.54 Å². The molecule has 5 nitrogen and oxygen atoms in total. The molecule has 3 atom stereocenters. The summed E-state index contributed by atoms with van der Waals surface area (Å²) in [7, 11) is -1.96. The van der Waals surface area contributed by atoms with Crippen LogP contribution in [-0.4, -0.2) is 54.8 Å². The van der Waals surface area contributed by atoms with Crippen LogP contribution in [0.5, 0.6) is 0 Å². The Bertz CT molecular complexity index is 423. The molecule has 1 aliphatic heterocycles. The van der Waals surface area contributed by atoms with Crippen molar-refractivity contribution in [1.82, 2.24) is 4.90 Å². The van der Waals surface area contributed by atoms with Crippen LogP contribution in [0.15, 0.2) is 0 Å². The van der Waals surface area contributed by atoms with Crippen LogP contribution in [0.4, 0.5) is 4.79 Å². The van der Waals surface area contributed by atoms with Crippen LogP contribution in [-0.2, 0) is 9.16 Å². The number of likely N-dealkylation sites (tertiary alicyclic amines) is 1. The molecule has 6 heteroatoms. The fourth-order valence-corrected chi connectivity index (χ4v) is 3.94. The standard InChI is InChI=1S/C17H35NO4Si/c1-12(19)14-13(22-23(8,9)17(5,6)7)10-11-18(14)15(20)21-16(2,3)4/h12-14,19H,10-11H2,1-9H3/t12-,13+,14+/m1/s1. The fourth-order valence-electron chi connectivity index (χ4n) is 2.58. The predicted octanol–water partition coefficient (Wildman–Crippen LogP) is 3.77. The fraction of sp³-hybridized carbons (Fsp3) is 0.941. The van der Waals surface area contributed by atoms with Gasteiger partial charge in [-0.15, -0.1) is 0 Å². The Hall–Kier alpha value is -0.593. The van der Waals surface area contributed by atoms with E-state index in [9.17, 15) is 9.90 Å². The molecule has 0 unspecified atom stereocenters. The largest absolute Gasteiger partial charge is 0.444 e. The van der Waals surface area contributed by atoms with Crippen LogP contribution in [0.25, 0.3) is 0 Å². The first-order valence-electron chi connectivity index (χ1n) is 8.51. The molecule has 0 radical (unpaired) electrons. The number of ether oxygens (including phenoxy) is 1. The molecule has 0 bridgehead atoms. The van der Waals surface area contributed by atoms with E-state index < -0.39 is 20.0 Å². The van der Waals surface area contributed by atoms with Crippen LogP contribution < -0.4 is 0 Å². The molecule has 1 heterocycles. The second-order valence-corrected chi connectivity index (χ2v) is 13.9. The molecule has 136 valence electrons. The van der Waals surface area contributed by atoms with Crippen molar-refractivity contribution in [3.05, 3.63) is 0 Å². The molecule has 1 amide bonds.